The third kappa shape index (κ3) is 2.61. The van der Waals surface area contributed by atoms with E-state index in [1.54, 1.807) is 5.56 Å². The van der Waals surface area contributed by atoms with Gasteiger partial charge in [0.05, 0.1) is 0 Å². The van der Waals surface area contributed by atoms with Gasteiger partial charge in [0.2, 0.25) is 0 Å². The van der Waals surface area contributed by atoms with Gasteiger partial charge in [-0.1, -0.05) is 52.0 Å². The highest BCUT2D eigenvalue weighted by Gasteiger charge is 2.50. The Hall–Kier alpha value is -0.820. The third-order valence-corrected chi connectivity index (χ3v) is 4.20. The predicted molar refractivity (Wildman–Crippen MR) is 79.0 cm³/mol. The molecule has 1 fully saturated rings. The molecular weight excluding hydrogens is 218 g/mol. The van der Waals surface area contributed by atoms with Gasteiger partial charge in [-0.15, -0.1) is 0 Å². The summed E-state index contributed by atoms with van der Waals surface area (Å²) in [5.41, 5.74) is 3.86. The van der Waals surface area contributed by atoms with Crippen molar-refractivity contribution in [2.24, 2.45) is 5.41 Å². The highest BCUT2D eigenvalue weighted by molar-refractivity contribution is 5.37. The van der Waals surface area contributed by atoms with Crippen LogP contribution in [0.15, 0.2) is 24.3 Å². The molecule has 1 aromatic rings. The monoisotopic (exact) mass is 245 g/mol. The van der Waals surface area contributed by atoms with E-state index < -0.39 is 0 Å². The average molecular weight is 245 g/mol. The number of hydrogen-bond donors (Lipinski definition) is 1. The van der Waals surface area contributed by atoms with Crippen LogP contribution >= 0.6 is 0 Å². The van der Waals surface area contributed by atoms with Crippen molar-refractivity contribution in [3.63, 3.8) is 0 Å². The molecule has 1 N–H and O–H groups in total. The first-order valence-electron chi connectivity index (χ1n) is 7.14. The molecule has 2 rings (SSSR count). The third-order valence-electron chi connectivity index (χ3n) is 4.20. The number of aryl methyl sites for hydroxylation is 1. The first-order chi connectivity index (χ1) is 8.35. The summed E-state index contributed by atoms with van der Waals surface area (Å²) in [5.74, 6) is 0. The molecule has 100 valence electrons. The second-order valence-corrected chi connectivity index (χ2v) is 7.15. The maximum absolute atomic E-state index is 3.65. The van der Waals surface area contributed by atoms with E-state index in [4.69, 9.17) is 0 Å². The zero-order valence-electron chi connectivity index (χ0n) is 12.5. The van der Waals surface area contributed by atoms with Crippen molar-refractivity contribution >= 4 is 0 Å². The lowest BCUT2D eigenvalue weighted by atomic mass is 9.51. The molecule has 0 amide bonds. The van der Waals surface area contributed by atoms with Crippen LogP contribution in [-0.4, -0.2) is 12.6 Å². The molecule has 0 unspecified atom stereocenters. The number of benzene rings is 1. The lowest BCUT2D eigenvalue weighted by Crippen LogP contribution is -2.53. The molecule has 1 aliphatic carbocycles. The lowest BCUT2D eigenvalue weighted by Gasteiger charge is -2.54. The van der Waals surface area contributed by atoms with Crippen LogP contribution in [0.1, 0.15) is 51.7 Å². The fraction of sp³-hybridized carbons (Fsp3) is 0.647. The van der Waals surface area contributed by atoms with Crippen LogP contribution in [0.5, 0.6) is 0 Å². The van der Waals surface area contributed by atoms with Gasteiger partial charge in [0.15, 0.2) is 0 Å². The Balaban J connectivity index is 2.24. The van der Waals surface area contributed by atoms with Gasteiger partial charge in [0, 0.05) is 18.0 Å². The largest absolute Gasteiger partial charge is 0.314 e. The van der Waals surface area contributed by atoms with E-state index in [9.17, 15) is 0 Å². The van der Waals surface area contributed by atoms with Crippen molar-refractivity contribution < 1.29 is 0 Å². The van der Waals surface area contributed by atoms with Crippen molar-refractivity contribution in [2.45, 2.75) is 58.9 Å². The molecule has 18 heavy (non-hydrogen) atoms. The van der Waals surface area contributed by atoms with Gasteiger partial charge >= 0.3 is 0 Å². The van der Waals surface area contributed by atoms with Crippen LogP contribution in [0, 0.1) is 12.3 Å². The zero-order chi connectivity index (χ0) is 13.4. The second-order valence-electron chi connectivity index (χ2n) is 7.15. The van der Waals surface area contributed by atoms with Gasteiger partial charge in [0.25, 0.3) is 0 Å². The minimum absolute atomic E-state index is 0.360. The summed E-state index contributed by atoms with van der Waals surface area (Å²) in [6.45, 7) is 12.6. The topological polar surface area (TPSA) is 12.0 Å². The van der Waals surface area contributed by atoms with Gasteiger partial charge in [-0.2, -0.15) is 0 Å². The molecule has 1 aromatic carbocycles. The molecule has 0 spiro atoms. The first-order valence-corrected chi connectivity index (χ1v) is 7.14. The van der Waals surface area contributed by atoms with E-state index in [0.29, 0.717) is 16.9 Å². The highest BCUT2D eigenvalue weighted by Crippen LogP contribution is 2.55. The molecule has 1 nitrogen and oxygen atoms in total. The van der Waals surface area contributed by atoms with Crippen molar-refractivity contribution in [1.82, 2.24) is 5.32 Å². The SMILES string of the molecule is Cc1ccccc1C1(CNC(C)C)CC(C)(C)C1. The van der Waals surface area contributed by atoms with Gasteiger partial charge in [-0.3, -0.25) is 0 Å². The molecule has 0 bridgehead atoms. The van der Waals surface area contributed by atoms with E-state index in [2.05, 4.69) is 64.2 Å². The van der Waals surface area contributed by atoms with Gasteiger partial charge in [-0.25, -0.2) is 0 Å². The Labute approximate surface area is 112 Å². The summed E-state index contributed by atoms with van der Waals surface area (Å²) in [7, 11) is 0. The minimum atomic E-state index is 0.360. The standard InChI is InChI=1S/C17H27N/c1-13(2)18-12-17(10-16(4,5)11-17)15-9-7-6-8-14(15)3/h6-9,13,18H,10-12H2,1-5H3. The molecule has 1 aliphatic rings. The van der Waals surface area contributed by atoms with Crippen LogP contribution in [0.25, 0.3) is 0 Å². The number of hydrogen-bond acceptors (Lipinski definition) is 1. The molecule has 0 heterocycles. The van der Waals surface area contributed by atoms with Crippen molar-refractivity contribution in [3.8, 4) is 0 Å². The van der Waals surface area contributed by atoms with Crippen molar-refractivity contribution in [2.75, 3.05) is 6.54 Å². The van der Waals surface area contributed by atoms with Crippen LogP contribution in [0.3, 0.4) is 0 Å². The second kappa shape index (κ2) is 4.70. The predicted octanol–water partition coefficient (Wildman–Crippen LogP) is 4.05. The maximum atomic E-state index is 3.65. The molecule has 0 atom stereocenters. The molecule has 0 saturated heterocycles. The Morgan fingerprint density at radius 2 is 1.78 bits per heavy atom. The normalized spacial score (nSPS) is 20.8. The molecule has 1 saturated carbocycles. The Bertz CT molecular complexity index is 409. The van der Waals surface area contributed by atoms with Gasteiger partial charge < -0.3 is 5.32 Å². The summed E-state index contributed by atoms with van der Waals surface area (Å²) in [6, 6.07) is 9.47. The van der Waals surface area contributed by atoms with E-state index in [1.807, 2.05) is 0 Å². The fourth-order valence-corrected chi connectivity index (χ4v) is 3.76. The van der Waals surface area contributed by atoms with Crippen LogP contribution in [0.2, 0.25) is 0 Å². The van der Waals surface area contributed by atoms with E-state index in [-0.39, 0.29) is 0 Å². The zero-order valence-corrected chi connectivity index (χ0v) is 12.5. The quantitative estimate of drug-likeness (QED) is 0.844. The van der Waals surface area contributed by atoms with Crippen LogP contribution in [0.4, 0.5) is 0 Å². The van der Waals surface area contributed by atoms with E-state index >= 15 is 0 Å². The molecule has 0 aliphatic heterocycles. The smallest absolute Gasteiger partial charge is 0.00906 e. The van der Waals surface area contributed by atoms with Gasteiger partial charge in [0.1, 0.15) is 0 Å². The van der Waals surface area contributed by atoms with Crippen LogP contribution in [-0.2, 0) is 5.41 Å². The molecule has 0 aromatic heterocycles. The van der Waals surface area contributed by atoms with E-state index in [1.165, 1.54) is 18.4 Å². The highest BCUT2D eigenvalue weighted by atomic mass is 14.9. The maximum Gasteiger partial charge on any atom is 0.00906 e. The first kappa shape index (κ1) is 13.6. The van der Waals surface area contributed by atoms with Crippen LogP contribution < -0.4 is 5.32 Å². The summed E-state index contributed by atoms with van der Waals surface area (Å²) in [6.07, 6.45) is 2.59. The summed E-state index contributed by atoms with van der Waals surface area (Å²) in [4.78, 5) is 0. The molecule has 0 radical (unpaired) electrons. The summed E-state index contributed by atoms with van der Waals surface area (Å²) >= 11 is 0. The Morgan fingerprint density at radius 1 is 1.17 bits per heavy atom. The van der Waals surface area contributed by atoms with Crippen molar-refractivity contribution in [3.05, 3.63) is 35.4 Å². The average Bonchev–Trinajstić information content (AvgIpc) is 2.23. The lowest BCUT2D eigenvalue weighted by molar-refractivity contribution is 0.0543. The Kier molecular flexibility index (Phi) is 3.55. The summed E-state index contributed by atoms with van der Waals surface area (Å²) < 4.78 is 0. The van der Waals surface area contributed by atoms with Crippen molar-refractivity contribution in [1.29, 1.82) is 0 Å². The molecule has 1 heteroatoms. The number of rotatable bonds is 4. The Morgan fingerprint density at radius 3 is 2.28 bits per heavy atom. The summed E-state index contributed by atoms with van der Waals surface area (Å²) in [5, 5.41) is 3.65. The molecular formula is C17H27N. The number of nitrogens with one attached hydrogen (secondary N) is 1. The fourth-order valence-electron chi connectivity index (χ4n) is 3.76. The van der Waals surface area contributed by atoms with E-state index in [0.717, 1.165) is 6.54 Å². The van der Waals surface area contributed by atoms with Gasteiger partial charge in [-0.05, 0) is 36.3 Å². The minimum Gasteiger partial charge on any atom is -0.314 e.